The van der Waals surface area contributed by atoms with E-state index in [1.165, 1.54) is 0 Å². The molecule has 3 nitrogen and oxygen atoms in total. The first-order valence-electron chi connectivity index (χ1n) is 5.41. The molecule has 0 saturated heterocycles. The largest absolute Gasteiger partial charge is 0.394 e. The first-order valence-corrected chi connectivity index (χ1v) is 5.82. The third kappa shape index (κ3) is 3.79. The van der Waals surface area contributed by atoms with Gasteiger partial charge in [0, 0.05) is 5.69 Å². The zero-order valence-electron chi connectivity index (χ0n) is 9.66. The van der Waals surface area contributed by atoms with Gasteiger partial charge in [-0.2, -0.15) is 0 Å². The lowest BCUT2D eigenvalue weighted by atomic mass is 10.2. The second kappa shape index (κ2) is 6.45. The highest BCUT2D eigenvalue weighted by molar-refractivity contribution is 7.80. The van der Waals surface area contributed by atoms with Crippen LogP contribution in [0.25, 0.3) is 0 Å². The minimum Gasteiger partial charge on any atom is -0.394 e. The Morgan fingerprint density at radius 3 is 2.69 bits per heavy atom. The van der Waals surface area contributed by atoms with E-state index in [9.17, 15) is 0 Å². The van der Waals surface area contributed by atoms with Crippen LogP contribution in [0.2, 0.25) is 0 Å². The van der Waals surface area contributed by atoms with Gasteiger partial charge in [0.25, 0.3) is 0 Å². The number of aliphatic hydroxyl groups is 1. The molecule has 0 unspecified atom stereocenters. The van der Waals surface area contributed by atoms with Crippen molar-refractivity contribution in [2.45, 2.75) is 26.3 Å². The first-order chi connectivity index (χ1) is 7.67. The van der Waals surface area contributed by atoms with Crippen LogP contribution in [0.1, 0.15) is 18.9 Å². The Bertz CT molecular complexity index is 351. The zero-order valence-corrected chi connectivity index (χ0v) is 10.5. The number of hydrogen-bond acceptors (Lipinski definition) is 2. The van der Waals surface area contributed by atoms with Crippen molar-refractivity contribution in [1.82, 2.24) is 5.32 Å². The van der Waals surface area contributed by atoms with Crippen LogP contribution in [0.5, 0.6) is 0 Å². The van der Waals surface area contributed by atoms with E-state index < -0.39 is 0 Å². The van der Waals surface area contributed by atoms with Gasteiger partial charge in [-0.15, -0.1) is 0 Å². The van der Waals surface area contributed by atoms with Crippen molar-refractivity contribution in [3.8, 4) is 0 Å². The number of thiocarbonyl (C=S) groups is 1. The van der Waals surface area contributed by atoms with Crippen molar-refractivity contribution in [1.29, 1.82) is 0 Å². The standard InChI is InChI=1S/C12H18N2OS/c1-3-10(8-15)13-12(16)14-11-7-5-4-6-9(11)2/h4-7,10,15H,3,8H2,1-2H3,(H2,13,14,16)/t10-/m1/s1. The van der Waals surface area contributed by atoms with Gasteiger partial charge in [-0.3, -0.25) is 0 Å². The number of para-hydroxylation sites is 1. The second-order valence-electron chi connectivity index (χ2n) is 3.70. The molecule has 1 aromatic rings. The zero-order chi connectivity index (χ0) is 12.0. The molecule has 3 N–H and O–H groups in total. The van der Waals surface area contributed by atoms with Crippen molar-refractivity contribution in [2.75, 3.05) is 11.9 Å². The van der Waals surface area contributed by atoms with Crippen LogP contribution in [0.3, 0.4) is 0 Å². The minimum absolute atomic E-state index is 0.0176. The summed E-state index contributed by atoms with van der Waals surface area (Å²) in [7, 11) is 0. The Kier molecular flexibility index (Phi) is 5.22. The molecule has 0 bridgehead atoms. The summed E-state index contributed by atoms with van der Waals surface area (Å²) >= 11 is 5.17. The summed E-state index contributed by atoms with van der Waals surface area (Å²) in [6.07, 6.45) is 0.839. The van der Waals surface area contributed by atoms with Crippen LogP contribution in [0, 0.1) is 6.92 Å². The fourth-order valence-corrected chi connectivity index (χ4v) is 1.61. The summed E-state index contributed by atoms with van der Waals surface area (Å²) in [4.78, 5) is 0. The average molecular weight is 238 g/mol. The predicted octanol–water partition coefficient (Wildman–Crippen LogP) is 2.05. The third-order valence-electron chi connectivity index (χ3n) is 2.44. The van der Waals surface area contributed by atoms with Gasteiger partial charge in [0.15, 0.2) is 5.11 Å². The number of hydrogen-bond donors (Lipinski definition) is 3. The van der Waals surface area contributed by atoms with E-state index in [1.807, 2.05) is 38.1 Å². The molecule has 1 aromatic carbocycles. The van der Waals surface area contributed by atoms with Crippen LogP contribution in [-0.2, 0) is 0 Å². The Hall–Kier alpha value is -1.13. The van der Waals surface area contributed by atoms with Gasteiger partial charge in [0.05, 0.1) is 12.6 Å². The second-order valence-corrected chi connectivity index (χ2v) is 4.11. The number of rotatable bonds is 4. The summed E-state index contributed by atoms with van der Waals surface area (Å²) in [6, 6.07) is 7.96. The molecule has 0 aliphatic rings. The number of benzene rings is 1. The minimum atomic E-state index is 0.0176. The van der Waals surface area contributed by atoms with Gasteiger partial charge >= 0.3 is 0 Å². The highest BCUT2D eigenvalue weighted by atomic mass is 32.1. The molecule has 0 fully saturated rings. The molecule has 1 rings (SSSR count). The Morgan fingerprint density at radius 2 is 2.12 bits per heavy atom. The van der Waals surface area contributed by atoms with Crippen LogP contribution in [-0.4, -0.2) is 22.9 Å². The Morgan fingerprint density at radius 1 is 1.44 bits per heavy atom. The molecule has 0 amide bonds. The summed E-state index contributed by atoms with van der Waals surface area (Å²) in [6.45, 7) is 4.12. The van der Waals surface area contributed by atoms with Crippen molar-refractivity contribution in [3.63, 3.8) is 0 Å². The van der Waals surface area contributed by atoms with Gasteiger partial charge in [-0.1, -0.05) is 25.1 Å². The van der Waals surface area contributed by atoms with Crippen LogP contribution >= 0.6 is 12.2 Å². The van der Waals surface area contributed by atoms with Gasteiger partial charge in [0.1, 0.15) is 0 Å². The molecule has 0 aromatic heterocycles. The predicted molar refractivity (Wildman–Crippen MR) is 71.7 cm³/mol. The number of aryl methyl sites for hydroxylation is 1. The molecule has 0 saturated carbocycles. The monoisotopic (exact) mass is 238 g/mol. The van der Waals surface area contributed by atoms with Crippen LogP contribution < -0.4 is 10.6 Å². The summed E-state index contributed by atoms with van der Waals surface area (Å²) < 4.78 is 0. The van der Waals surface area contributed by atoms with E-state index in [0.717, 1.165) is 17.7 Å². The first kappa shape index (κ1) is 12.9. The van der Waals surface area contributed by atoms with Crippen molar-refractivity contribution >= 4 is 23.0 Å². The maximum Gasteiger partial charge on any atom is 0.171 e. The normalized spacial score (nSPS) is 11.9. The van der Waals surface area contributed by atoms with Crippen LogP contribution in [0.15, 0.2) is 24.3 Å². The lowest BCUT2D eigenvalue weighted by molar-refractivity contribution is 0.253. The van der Waals surface area contributed by atoms with Gasteiger partial charge < -0.3 is 15.7 Å². The molecule has 16 heavy (non-hydrogen) atoms. The smallest absolute Gasteiger partial charge is 0.171 e. The number of anilines is 1. The molecular formula is C12H18N2OS. The number of nitrogens with one attached hydrogen (secondary N) is 2. The molecule has 0 aliphatic carbocycles. The molecule has 4 heteroatoms. The van der Waals surface area contributed by atoms with E-state index in [2.05, 4.69) is 10.6 Å². The fraction of sp³-hybridized carbons (Fsp3) is 0.417. The average Bonchev–Trinajstić information content (AvgIpc) is 2.29. The van der Waals surface area contributed by atoms with Gasteiger partial charge in [-0.25, -0.2) is 0 Å². The third-order valence-corrected chi connectivity index (χ3v) is 2.66. The SMILES string of the molecule is CC[C@H](CO)NC(=S)Nc1ccccc1C. The van der Waals surface area contributed by atoms with Gasteiger partial charge in [0.2, 0.25) is 0 Å². The Labute approximate surface area is 102 Å². The topological polar surface area (TPSA) is 44.3 Å². The fourth-order valence-electron chi connectivity index (χ4n) is 1.33. The van der Waals surface area contributed by atoms with Crippen molar-refractivity contribution in [2.24, 2.45) is 0 Å². The molecule has 0 radical (unpaired) electrons. The summed E-state index contributed by atoms with van der Waals surface area (Å²) in [5, 5.41) is 15.8. The van der Waals surface area contributed by atoms with E-state index in [4.69, 9.17) is 17.3 Å². The maximum atomic E-state index is 9.05. The van der Waals surface area contributed by atoms with E-state index in [-0.39, 0.29) is 12.6 Å². The number of aliphatic hydroxyl groups excluding tert-OH is 1. The maximum absolute atomic E-state index is 9.05. The van der Waals surface area contributed by atoms with Crippen molar-refractivity contribution < 1.29 is 5.11 Å². The van der Waals surface area contributed by atoms with Gasteiger partial charge in [-0.05, 0) is 37.2 Å². The highest BCUT2D eigenvalue weighted by Crippen LogP contribution is 2.12. The molecule has 0 aliphatic heterocycles. The van der Waals surface area contributed by atoms with E-state index >= 15 is 0 Å². The molecule has 1 atom stereocenters. The summed E-state index contributed by atoms with van der Waals surface area (Å²) in [5.41, 5.74) is 2.14. The molecule has 88 valence electrons. The Balaban J connectivity index is 2.55. The molecule has 0 heterocycles. The summed E-state index contributed by atoms with van der Waals surface area (Å²) in [5.74, 6) is 0. The lowest BCUT2D eigenvalue weighted by Crippen LogP contribution is -2.39. The van der Waals surface area contributed by atoms with E-state index in [0.29, 0.717) is 5.11 Å². The molecule has 0 spiro atoms. The molecular weight excluding hydrogens is 220 g/mol. The highest BCUT2D eigenvalue weighted by Gasteiger charge is 2.06. The lowest BCUT2D eigenvalue weighted by Gasteiger charge is -2.18. The van der Waals surface area contributed by atoms with Crippen LogP contribution in [0.4, 0.5) is 5.69 Å². The van der Waals surface area contributed by atoms with Crippen molar-refractivity contribution in [3.05, 3.63) is 29.8 Å². The van der Waals surface area contributed by atoms with E-state index in [1.54, 1.807) is 0 Å². The quantitative estimate of drug-likeness (QED) is 0.703.